The molecule has 0 spiro atoms. The monoisotopic (exact) mass is 443 g/mol. The van der Waals surface area contributed by atoms with Crippen molar-refractivity contribution in [2.45, 2.75) is 20.0 Å². The van der Waals surface area contributed by atoms with Crippen LogP contribution in [0.1, 0.15) is 22.8 Å². The molecule has 0 unspecified atom stereocenters. The maximum absolute atomic E-state index is 13.5. The van der Waals surface area contributed by atoms with E-state index in [4.69, 9.17) is 10.5 Å². The van der Waals surface area contributed by atoms with E-state index in [9.17, 15) is 13.2 Å². The quantitative estimate of drug-likeness (QED) is 0.440. The van der Waals surface area contributed by atoms with E-state index in [1.54, 1.807) is 24.6 Å². The summed E-state index contributed by atoms with van der Waals surface area (Å²) in [6.45, 7) is 1.72. The first-order valence-corrected chi connectivity index (χ1v) is 10.0. The lowest BCUT2D eigenvalue weighted by Crippen LogP contribution is -2.06. The highest BCUT2D eigenvalue weighted by molar-refractivity contribution is 7.09. The zero-order chi connectivity index (χ0) is 22.0. The summed E-state index contributed by atoms with van der Waals surface area (Å²) < 4.78 is 46.2. The van der Waals surface area contributed by atoms with Gasteiger partial charge in [-0.3, -0.25) is 4.98 Å². The molecule has 0 fully saturated rings. The molecule has 6 nitrogen and oxygen atoms in total. The molecular weight excluding hydrogens is 427 g/mol. The molecule has 158 valence electrons. The molecule has 1 aromatic carbocycles. The lowest BCUT2D eigenvalue weighted by Gasteiger charge is -2.16. The zero-order valence-electron chi connectivity index (χ0n) is 16.2. The molecule has 0 radical (unpaired) electrons. The van der Waals surface area contributed by atoms with Gasteiger partial charge in [0, 0.05) is 22.8 Å². The van der Waals surface area contributed by atoms with E-state index in [2.05, 4.69) is 19.9 Å². The van der Waals surface area contributed by atoms with Crippen LogP contribution in [0.3, 0.4) is 0 Å². The highest BCUT2D eigenvalue weighted by Crippen LogP contribution is 2.39. The number of halogens is 3. The van der Waals surface area contributed by atoms with Crippen LogP contribution in [0.25, 0.3) is 22.4 Å². The van der Waals surface area contributed by atoms with Crippen LogP contribution < -0.4 is 10.5 Å². The van der Waals surface area contributed by atoms with Crippen molar-refractivity contribution in [3.8, 4) is 28.3 Å². The number of nitrogen functional groups attached to an aromatic ring is 1. The summed E-state index contributed by atoms with van der Waals surface area (Å²) in [6.07, 6.45) is -1.12. The van der Waals surface area contributed by atoms with Crippen LogP contribution in [0.2, 0.25) is 0 Å². The number of nitrogens with zero attached hydrogens (tertiary/aromatic N) is 4. The minimum Gasteiger partial charge on any atom is -0.470 e. The molecule has 0 atom stereocenters. The molecule has 0 aliphatic rings. The molecule has 3 aromatic heterocycles. The average Bonchev–Trinajstić information content (AvgIpc) is 3.25. The van der Waals surface area contributed by atoms with Crippen molar-refractivity contribution < 1.29 is 17.9 Å². The van der Waals surface area contributed by atoms with Gasteiger partial charge in [-0.2, -0.15) is 4.98 Å². The second-order valence-corrected chi connectivity index (χ2v) is 7.53. The number of hydrogen-bond acceptors (Lipinski definition) is 7. The number of thiazole rings is 1. The number of nitrogens with two attached hydrogens (primary N) is 1. The number of aromatic nitrogens is 4. The number of anilines is 1. The molecule has 0 bridgehead atoms. The molecule has 0 saturated carbocycles. The molecule has 4 rings (SSSR count). The van der Waals surface area contributed by atoms with E-state index in [0.717, 1.165) is 0 Å². The van der Waals surface area contributed by atoms with Gasteiger partial charge >= 0.3 is 0 Å². The summed E-state index contributed by atoms with van der Waals surface area (Å²) in [6, 6.07) is 8.48. The number of hydrogen-bond donors (Lipinski definition) is 1. The van der Waals surface area contributed by atoms with Gasteiger partial charge in [-0.05, 0) is 48.9 Å². The molecular formula is C21H16F3N5OS. The van der Waals surface area contributed by atoms with E-state index in [1.165, 1.54) is 41.7 Å². The normalized spacial score (nSPS) is 11.1. The fourth-order valence-corrected chi connectivity index (χ4v) is 3.57. The van der Waals surface area contributed by atoms with Crippen molar-refractivity contribution in [3.63, 3.8) is 0 Å². The van der Waals surface area contributed by atoms with Crippen molar-refractivity contribution in [1.82, 2.24) is 19.9 Å². The van der Waals surface area contributed by atoms with Crippen molar-refractivity contribution in [1.29, 1.82) is 0 Å². The summed E-state index contributed by atoms with van der Waals surface area (Å²) >= 11 is 1.40. The highest BCUT2D eigenvalue weighted by Gasteiger charge is 2.21. The second kappa shape index (κ2) is 8.68. The standard InChI is InChI=1S/C21H16F3N5OS/c1-11-8-13(9-15(27-11)19(23)24)17-18(12-2-4-14(22)5-3-12)28-21(25)29-20(17)30-10-16-26-6-7-31-16/h2-9,19H,10H2,1H3,(H2,25,28,29). The largest absolute Gasteiger partial charge is 0.470 e. The average molecular weight is 443 g/mol. The Morgan fingerprint density at radius 1 is 1.06 bits per heavy atom. The first kappa shape index (κ1) is 20.7. The Bertz CT molecular complexity index is 1200. The third kappa shape index (κ3) is 4.64. The van der Waals surface area contributed by atoms with Crippen molar-refractivity contribution in [3.05, 3.63) is 70.2 Å². The number of rotatable bonds is 6. The lowest BCUT2D eigenvalue weighted by atomic mass is 9.99. The summed E-state index contributed by atoms with van der Waals surface area (Å²) in [5.41, 5.74) is 7.50. The van der Waals surface area contributed by atoms with E-state index in [1.807, 2.05) is 0 Å². The molecule has 31 heavy (non-hydrogen) atoms. The Hall–Kier alpha value is -3.53. The maximum Gasteiger partial charge on any atom is 0.280 e. The molecule has 0 aliphatic carbocycles. The zero-order valence-corrected chi connectivity index (χ0v) is 17.0. The highest BCUT2D eigenvalue weighted by atomic mass is 32.1. The summed E-state index contributed by atoms with van der Waals surface area (Å²) in [5, 5.41) is 2.50. The van der Waals surface area contributed by atoms with Gasteiger partial charge in [0.05, 0.1) is 11.3 Å². The van der Waals surface area contributed by atoms with Crippen LogP contribution in [0.4, 0.5) is 19.1 Å². The van der Waals surface area contributed by atoms with Crippen molar-refractivity contribution >= 4 is 17.3 Å². The number of alkyl halides is 2. The Kier molecular flexibility index (Phi) is 5.81. The van der Waals surface area contributed by atoms with Gasteiger partial charge in [-0.1, -0.05) is 0 Å². The third-order valence-electron chi connectivity index (χ3n) is 4.31. The molecule has 0 aliphatic heterocycles. The number of pyridine rings is 1. The molecule has 0 amide bonds. The Labute approximate surface area is 179 Å². The summed E-state index contributed by atoms with van der Waals surface area (Å²) in [7, 11) is 0. The Morgan fingerprint density at radius 2 is 1.84 bits per heavy atom. The topological polar surface area (TPSA) is 86.8 Å². The van der Waals surface area contributed by atoms with Crippen LogP contribution in [0, 0.1) is 12.7 Å². The first-order chi connectivity index (χ1) is 14.9. The molecule has 0 saturated heterocycles. The number of ether oxygens (including phenoxy) is 1. The SMILES string of the molecule is Cc1cc(-c2c(OCc3nccs3)nc(N)nc2-c2ccc(F)cc2)cc(C(F)F)n1. The lowest BCUT2D eigenvalue weighted by molar-refractivity contribution is 0.146. The van der Waals surface area contributed by atoms with E-state index in [-0.39, 0.29) is 24.1 Å². The van der Waals surface area contributed by atoms with Gasteiger partial charge in [-0.15, -0.1) is 11.3 Å². The first-order valence-electron chi connectivity index (χ1n) is 9.12. The maximum atomic E-state index is 13.5. The predicted molar refractivity (Wildman–Crippen MR) is 111 cm³/mol. The van der Waals surface area contributed by atoms with Crippen LogP contribution in [0.15, 0.2) is 48.0 Å². The third-order valence-corrected chi connectivity index (χ3v) is 5.07. The van der Waals surface area contributed by atoms with E-state index < -0.39 is 12.2 Å². The summed E-state index contributed by atoms with van der Waals surface area (Å²) in [4.78, 5) is 16.6. The molecule has 3 heterocycles. The minimum absolute atomic E-state index is 0.0722. The summed E-state index contributed by atoms with van der Waals surface area (Å²) in [5.74, 6) is -0.391. The van der Waals surface area contributed by atoms with Crippen LogP contribution >= 0.6 is 11.3 Å². The molecule has 4 aromatic rings. The van der Waals surface area contributed by atoms with Gasteiger partial charge < -0.3 is 10.5 Å². The Balaban J connectivity index is 1.91. The number of aryl methyl sites for hydroxylation is 1. The van der Waals surface area contributed by atoms with Crippen LogP contribution in [-0.4, -0.2) is 19.9 Å². The molecule has 2 N–H and O–H groups in total. The van der Waals surface area contributed by atoms with E-state index in [0.29, 0.717) is 33.1 Å². The number of benzene rings is 1. The van der Waals surface area contributed by atoms with Gasteiger partial charge in [0.1, 0.15) is 23.1 Å². The van der Waals surface area contributed by atoms with Gasteiger partial charge in [0.15, 0.2) is 0 Å². The van der Waals surface area contributed by atoms with Gasteiger partial charge in [-0.25, -0.2) is 23.1 Å². The van der Waals surface area contributed by atoms with Crippen LogP contribution in [-0.2, 0) is 6.61 Å². The minimum atomic E-state index is -2.76. The van der Waals surface area contributed by atoms with Crippen LogP contribution in [0.5, 0.6) is 5.88 Å². The van der Waals surface area contributed by atoms with E-state index >= 15 is 0 Å². The Morgan fingerprint density at radius 3 is 2.52 bits per heavy atom. The predicted octanol–water partition coefficient (Wildman–Crippen LogP) is 5.21. The molecule has 10 heteroatoms. The van der Waals surface area contributed by atoms with Gasteiger partial charge in [0.25, 0.3) is 6.43 Å². The van der Waals surface area contributed by atoms with Crippen molar-refractivity contribution in [2.24, 2.45) is 0 Å². The fourth-order valence-electron chi connectivity index (χ4n) is 3.04. The van der Waals surface area contributed by atoms with Gasteiger partial charge in [0.2, 0.25) is 11.8 Å². The van der Waals surface area contributed by atoms with Crippen molar-refractivity contribution in [2.75, 3.05) is 5.73 Å². The fraction of sp³-hybridized carbons (Fsp3) is 0.143. The smallest absolute Gasteiger partial charge is 0.280 e. The second-order valence-electron chi connectivity index (χ2n) is 6.55.